The summed E-state index contributed by atoms with van der Waals surface area (Å²) in [6.45, 7) is 9.49. The Morgan fingerprint density at radius 1 is 1.12 bits per heavy atom. The molecule has 0 radical (unpaired) electrons. The second-order valence-corrected chi connectivity index (χ2v) is 6.97. The third-order valence-electron chi connectivity index (χ3n) is 4.73. The predicted molar refractivity (Wildman–Crippen MR) is 71.0 cm³/mol. The number of nitrogens with zero attached hydrogens (tertiary/aromatic N) is 1. The molecule has 17 heavy (non-hydrogen) atoms. The molecule has 2 fully saturated rings. The molecule has 1 atom stereocenters. The van der Waals surface area contributed by atoms with Gasteiger partial charge in [0.2, 0.25) is 0 Å². The fraction of sp³-hybridized carbons (Fsp3) is 0.933. The molecule has 0 N–H and O–H groups in total. The number of likely N-dealkylation sites (tertiary alicyclic amines) is 1. The zero-order valence-electron chi connectivity index (χ0n) is 11.7. The molecule has 0 aromatic heterocycles. The van der Waals surface area contributed by atoms with Gasteiger partial charge in [0.05, 0.1) is 0 Å². The van der Waals surface area contributed by atoms with Crippen molar-refractivity contribution in [2.24, 2.45) is 11.3 Å². The molecule has 1 aliphatic carbocycles. The minimum absolute atomic E-state index is 0.453. The quantitative estimate of drug-likeness (QED) is 0.697. The van der Waals surface area contributed by atoms with Crippen molar-refractivity contribution in [1.82, 2.24) is 4.90 Å². The average molecular weight is 237 g/mol. The average Bonchev–Trinajstić information content (AvgIpc) is 2.28. The molecule has 98 valence electrons. The Bertz CT molecular complexity index is 271. The van der Waals surface area contributed by atoms with E-state index >= 15 is 0 Å². The minimum atomic E-state index is 0.453. The van der Waals surface area contributed by atoms with Gasteiger partial charge in [0.15, 0.2) is 0 Å². The highest BCUT2D eigenvalue weighted by Gasteiger charge is 2.32. The van der Waals surface area contributed by atoms with Crippen LogP contribution in [0.2, 0.25) is 0 Å². The Morgan fingerprint density at radius 3 is 2.29 bits per heavy atom. The third-order valence-corrected chi connectivity index (χ3v) is 4.73. The van der Waals surface area contributed by atoms with Crippen LogP contribution in [0.5, 0.6) is 0 Å². The Morgan fingerprint density at radius 2 is 1.76 bits per heavy atom. The van der Waals surface area contributed by atoms with Gasteiger partial charge in [-0.3, -0.25) is 9.69 Å². The molecule has 1 unspecified atom stereocenters. The zero-order chi connectivity index (χ0) is 12.5. The number of carbonyl (C=O) groups excluding carboxylic acids is 1. The van der Waals surface area contributed by atoms with Crippen LogP contribution in [0.1, 0.15) is 59.3 Å². The van der Waals surface area contributed by atoms with E-state index in [-0.39, 0.29) is 0 Å². The highest BCUT2D eigenvalue weighted by atomic mass is 16.1. The smallest absolute Gasteiger partial charge is 0.134 e. The molecule has 0 bridgehead atoms. The van der Waals surface area contributed by atoms with Crippen LogP contribution in [0.3, 0.4) is 0 Å². The van der Waals surface area contributed by atoms with Crippen molar-refractivity contribution in [3.05, 3.63) is 0 Å². The summed E-state index contributed by atoms with van der Waals surface area (Å²) in [5.41, 5.74) is 0.453. The molecular weight excluding hydrogens is 210 g/mol. The van der Waals surface area contributed by atoms with Crippen LogP contribution in [0.4, 0.5) is 0 Å². The Kier molecular flexibility index (Phi) is 3.92. The van der Waals surface area contributed by atoms with E-state index in [0.29, 0.717) is 17.2 Å². The maximum atomic E-state index is 11.5. The number of ketones is 1. The lowest BCUT2D eigenvalue weighted by Crippen LogP contribution is -2.45. The standard InChI is InChI=1S/C15H27NO/c1-15(2,3)12-7-9-16(10-8-12)13-5-4-6-14(17)11-13/h12-13H,4-11H2,1-3H3. The first kappa shape index (κ1) is 13.1. The van der Waals surface area contributed by atoms with Crippen LogP contribution in [-0.4, -0.2) is 29.8 Å². The predicted octanol–water partition coefficient (Wildman–Crippen LogP) is 3.26. The van der Waals surface area contributed by atoms with E-state index in [1.54, 1.807) is 0 Å². The van der Waals surface area contributed by atoms with Gasteiger partial charge in [-0.05, 0) is 50.1 Å². The Hall–Kier alpha value is -0.370. The molecule has 1 heterocycles. The van der Waals surface area contributed by atoms with Crippen molar-refractivity contribution < 1.29 is 4.79 Å². The van der Waals surface area contributed by atoms with Gasteiger partial charge in [0, 0.05) is 18.9 Å². The van der Waals surface area contributed by atoms with Gasteiger partial charge in [0.1, 0.15) is 5.78 Å². The summed E-state index contributed by atoms with van der Waals surface area (Å²) < 4.78 is 0. The number of piperidine rings is 1. The fourth-order valence-corrected chi connectivity index (χ4v) is 3.44. The number of Topliss-reactive ketones (excluding diaryl/α,β-unsaturated/α-hetero) is 1. The maximum Gasteiger partial charge on any atom is 0.134 e. The first-order valence-electron chi connectivity index (χ1n) is 7.22. The SMILES string of the molecule is CC(C)(C)C1CCN(C2CCCC(=O)C2)CC1. The maximum absolute atomic E-state index is 11.5. The highest BCUT2D eigenvalue weighted by Crippen LogP contribution is 2.35. The van der Waals surface area contributed by atoms with Crippen molar-refractivity contribution in [1.29, 1.82) is 0 Å². The molecule has 2 nitrogen and oxygen atoms in total. The first-order valence-corrected chi connectivity index (χ1v) is 7.22. The second kappa shape index (κ2) is 5.09. The minimum Gasteiger partial charge on any atom is -0.300 e. The van der Waals surface area contributed by atoms with Gasteiger partial charge in [0.25, 0.3) is 0 Å². The summed E-state index contributed by atoms with van der Waals surface area (Å²) in [6, 6.07) is 0.567. The van der Waals surface area contributed by atoms with Crippen LogP contribution in [0.15, 0.2) is 0 Å². The van der Waals surface area contributed by atoms with Crippen molar-refractivity contribution in [2.75, 3.05) is 13.1 Å². The molecule has 0 aromatic carbocycles. The Balaban J connectivity index is 1.84. The lowest BCUT2D eigenvalue weighted by Gasteiger charge is -2.42. The molecule has 1 aliphatic heterocycles. The number of hydrogen-bond acceptors (Lipinski definition) is 2. The monoisotopic (exact) mass is 237 g/mol. The van der Waals surface area contributed by atoms with Gasteiger partial charge in [-0.1, -0.05) is 20.8 Å². The van der Waals surface area contributed by atoms with Crippen LogP contribution in [-0.2, 0) is 4.79 Å². The fourth-order valence-electron chi connectivity index (χ4n) is 3.44. The van der Waals surface area contributed by atoms with E-state index in [4.69, 9.17) is 0 Å². The molecule has 0 amide bonds. The van der Waals surface area contributed by atoms with Gasteiger partial charge in [-0.15, -0.1) is 0 Å². The van der Waals surface area contributed by atoms with Crippen molar-refractivity contribution in [2.45, 2.75) is 65.3 Å². The molecule has 0 spiro atoms. The number of rotatable bonds is 1. The number of carbonyl (C=O) groups is 1. The zero-order valence-corrected chi connectivity index (χ0v) is 11.7. The summed E-state index contributed by atoms with van der Waals surface area (Å²) in [5.74, 6) is 1.34. The van der Waals surface area contributed by atoms with E-state index in [1.807, 2.05) is 0 Å². The second-order valence-electron chi connectivity index (χ2n) is 6.97. The van der Waals surface area contributed by atoms with E-state index in [0.717, 1.165) is 25.2 Å². The van der Waals surface area contributed by atoms with Crippen LogP contribution in [0, 0.1) is 11.3 Å². The van der Waals surface area contributed by atoms with E-state index in [9.17, 15) is 4.79 Å². The van der Waals surface area contributed by atoms with Crippen LogP contribution >= 0.6 is 0 Å². The lowest BCUT2D eigenvalue weighted by molar-refractivity contribution is -0.122. The molecular formula is C15H27NO. The van der Waals surface area contributed by atoms with Crippen LogP contribution < -0.4 is 0 Å². The number of hydrogen-bond donors (Lipinski definition) is 0. The van der Waals surface area contributed by atoms with Crippen molar-refractivity contribution in [3.8, 4) is 0 Å². The third kappa shape index (κ3) is 3.31. The van der Waals surface area contributed by atoms with Crippen molar-refractivity contribution in [3.63, 3.8) is 0 Å². The summed E-state index contributed by atoms with van der Waals surface area (Å²) in [6.07, 6.45) is 6.63. The molecule has 2 aliphatic rings. The van der Waals surface area contributed by atoms with Gasteiger partial charge < -0.3 is 0 Å². The van der Waals surface area contributed by atoms with Gasteiger partial charge in [-0.25, -0.2) is 0 Å². The first-order chi connectivity index (χ1) is 7.97. The lowest BCUT2D eigenvalue weighted by atomic mass is 9.75. The summed E-state index contributed by atoms with van der Waals surface area (Å²) in [7, 11) is 0. The van der Waals surface area contributed by atoms with Crippen LogP contribution in [0.25, 0.3) is 0 Å². The summed E-state index contributed by atoms with van der Waals surface area (Å²) >= 11 is 0. The normalized spacial score (nSPS) is 29.6. The summed E-state index contributed by atoms with van der Waals surface area (Å²) in [4.78, 5) is 14.1. The molecule has 0 aromatic rings. The molecule has 1 saturated heterocycles. The van der Waals surface area contributed by atoms with E-state index in [2.05, 4.69) is 25.7 Å². The van der Waals surface area contributed by atoms with Gasteiger partial charge in [-0.2, -0.15) is 0 Å². The Labute approximate surface area is 106 Å². The van der Waals surface area contributed by atoms with E-state index in [1.165, 1.54) is 32.4 Å². The van der Waals surface area contributed by atoms with Crippen molar-refractivity contribution >= 4 is 5.78 Å². The van der Waals surface area contributed by atoms with E-state index < -0.39 is 0 Å². The molecule has 1 saturated carbocycles. The molecule has 2 heteroatoms. The topological polar surface area (TPSA) is 20.3 Å². The largest absolute Gasteiger partial charge is 0.300 e. The molecule has 2 rings (SSSR count). The highest BCUT2D eigenvalue weighted by molar-refractivity contribution is 5.79. The van der Waals surface area contributed by atoms with Gasteiger partial charge >= 0.3 is 0 Å². The summed E-state index contributed by atoms with van der Waals surface area (Å²) in [5, 5.41) is 0.